The highest BCUT2D eigenvalue weighted by Crippen LogP contribution is 2.40. The Labute approximate surface area is 333 Å². The SMILES string of the molecule is c1ccc(-c2ccc3c(c2)c2ccccc2n3-c2cccc(-c3ccc4oc5ccc(-c6cccc(-c7ccc8sc9ccccc9c8c7)c6)cc5c4c3)c2)cc1. The number of rotatable bonds is 5. The van der Waals surface area contributed by atoms with Crippen LogP contribution in [0.1, 0.15) is 0 Å². The highest BCUT2D eigenvalue weighted by atomic mass is 32.1. The molecule has 57 heavy (non-hydrogen) atoms. The largest absolute Gasteiger partial charge is 0.456 e. The lowest BCUT2D eigenvalue weighted by molar-refractivity contribution is 0.669. The molecule has 2 nitrogen and oxygen atoms in total. The van der Waals surface area contributed by atoms with Crippen LogP contribution >= 0.6 is 11.3 Å². The second-order valence-electron chi connectivity index (χ2n) is 14.9. The molecule has 0 saturated heterocycles. The molecule has 0 radical (unpaired) electrons. The van der Waals surface area contributed by atoms with Crippen LogP contribution in [0.15, 0.2) is 205 Å². The number of hydrogen-bond donors (Lipinski definition) is 0. The quantitative estimate of drug-likeness (QED) is 0.172. The van der Waals surface area contributed by atoms with Crippen molar-refractivity contribution >= 4 is 75.3 Å². The summed E-state index contributed by atoms with van der Waals surface area (Å²) in [6, 6.07) is 72.8. The lowest BCUT2D eigenvalue weighted by Gasteiger charge is -2.11. The first-order valence-corrected chi connectivity index (χ1v) is 20.2. The van der Waals surface area contributed by atoms with Crippen molar-refractivity contribution in [3.8, 4) is 50.2 Å². The molecule has 9 aromatic carbocycles. The van der Waals surface area contributed by atoms with E-state index in [2.05, 4.69) is 205 Å². The minimum atomic E-state index is 0.892. The Morgan fingerprint density at radius 1 is 0.298 bits per heavy atom. The average molecular weight is 744 g/mol. The topological polar surface area (TPSA) is 18.1 Å². The van der Waals surface area contributed by atoms with Gasteiger partial charge in [-0.25, -0.2) is 0 Å². The fourth-order valence-electron chi connectivity index (χ4n) is 8.81. The normalized spacial score (nSPS) is 11.9. The van der Waals surface area contributed by atoms with E-state index >= 15 is 0 Å². The summed E-state index contributed by atoms with van der Waals surface area (Å²) in [6.45, 7) is 0. The Balaban J connectivity index is 0.929. The Bertz CT molecular complexity index is 3530. The fourth-order valence-corrected chi connectivity index (χ4v) is 9.89. The first kappa shape index (κ1) is 32.1. The van der Waals surface area contributed by atoms with Gasteiger partial charge in [-0.15, -0.1) is 11.3 Å². The molecule has 0 unspecified atom stereocenters. The van der Waals surface area contributed by atoms with Crippen LogP contribution in [-0.2, 0) is 0 Å². The van der Waals surface area contributed by atoms with E-state index in [1.807, 2.05) is 11.3 Å². The summed E-state index contributed by atoms with van der Waals surface area (Å²) in [5, 5.41) is 7.38. The van der Waals surface area contributed by atoms with Gasteiger partial charge in [0.1, 0.15) is 11.2 Å². The van der Waals surface area contributed by atoms with Crippen LogP contribution in [0.4, 0.5) is 0 Å². The Kier molecular flexibility index (Phi) is 7.13. The number of furan rings is 1. The van der Waals surface area contributed by atoms with Gasteiger partial charge in [-0.3, -0.25) is 0 Å². The van der Waals surface area contributed by atoms with Crippen molar-refractivity contribution in [1.82, 2.24) is 4.57 Å². The standard InChI is InChI=1S/C54H33NOS/c1-2-10-34(11-3-1)38-20-24-50-45(30-38)43-16-4-6-18-49(43)55(50)42-15-9-14-37(29-42)40-22-26-52-47(32-40)46-31-39(21-25-51(46)56-52)35-12-8-13-36(28-35)41-23-27-54-48(33-41)44-17-5-7-19-53(44)57-54/h1-33H. The minimum absolute atomic E-state index is 0.892. The monoisotopic (exact) mass is 743 g/mol. The summed E-state index contributed by atoms with van der Waals surface area (Å²) >= 11 is 1.86. The Morgan fingerprint density at radius 3 is 1.58 bits per heavy atom. The van der Waals surface area contributed by atoms with Crippen LogP contribution < -0.4 is 0 Å². The Morgan fingerprint density at radius 2 is 0.807 bits per heavy atom. The van der Waals surface area contributed by atoms with E-state index in [-0.39, 0.29) is 0 Å². The van der Waals surface area contributed by atoms with Crippen LogP contribution in [0.25, 0.3) is 114 Å². The highest BCUT2D eigenvalue weighted by Gasteiger charge is 2.16. The van der Waals surface area contributed by atoms with Gasteiger partial charge in [0.15, 0.2) is 0 Å². The van der Waals surface area contributed by atoms with E-state index in [0.29, 0.717) is 0 Å². The van der Waals surface area contributed by atoms with Crippen molar-refractivity contribution in [2.75, 3.05) is 0 Å². The predicted octanol–water partition coefficient (Wildman–Crippen LogP) is 15.7. The number of fused-ring (bicyclic) bond motifs is 9. The molecule has 0 amide bonds. The minimum Gasteiger partial charge on any atom is -0.456 e. The maximum atomic E-state index is 6.41. The van der Waals surface area contributed by atoms with Gasteiger partial charge in [-0.05, 0) is 123 Å². The number of aromatic nitrogens is 1. The predicted molar refractivity (Wildman–Crippen MR) is 243 cm³/mol. The zero-order chi connectivity index (χ0) is 37.5. The molecule has 12 aromatic rings. The van der Waals surface area contributed by atoms with Crippen molar-refractivity contribution in [3.63, 3.8) is 0 Å². The maximum absolute atomic E-state index is 6.41. The van der Waals surface area contributed by atoms with Gasteiger partial charge in [0, 0.05) is 47.4 Å². The molecule has 0 spiro atoms. The molecule has 0 fully saturated rings. The van der Waals surface area contributed by atoms with Crippen molar-refractivity contribution in [2.45, 2.75) is 0 Å². The molecule has 0 saturated carbocycles. The second-order valence-corrected chi connectivity index (χ2v) is 16.0. The summed E-state index contributed by atoms with van der Waals surface area (Å²) in [7, 11) is 0. The third-order valence-electron chi connectivity index (χ3n) is 11.6. The molecule has 3 heteroatoms. The zero-order valence-corrected chi connectivity index (χ0v) is 31.6. The van der Waals surface area contributed by atoms with Crippen LogP contribution in [0, 0.1) is 0 Å². The third-order valence-corrected chi connectivity index (χ3v) is 12.7. The molecule has 0 aliphatic carbocycles. The van der Waals surface area contributed by atoms with Crippen LogP contribution in [0.3, 0.4) is 0 Å². The molecule has 0 N–H and O–H groups in total. The lowest BCUT2D eigenvalue weighted by atomic mass is 9.96. The summed E-state index contributed by atoms with van der Waals surface area (Å²) < 4.78 is 11.5. The first-order chi connectivity index (χ1) is 28.2. The highest BCUT2D eigenvalue weighted by molar-refractivity contribution is 7.25. The molecule has 0 bridgehead atoms. The molecular weight excluding hydrogens is 711 g/mol. The van der Waals surface area contributed by atoms with Crippen molar-refractivity contribution in [1.29, 1.82) is 0 Å². The average Bonchev–Trinajstić information content (AvgIpc) is 3.95. The smallest absolute Gasteiger partial charge is 0.135 e. The summed E-state index contributed by atoms with van der Waals surface area (Å²) in [5.41, 5.74) is 14.9. The number of nitrogens with zero attached hydrogens (tertiary/aromatic N) is 1. The van der Waals surface area contributed by atoms with Gasteiger partial charge >= 0.3 is 0 Å². The number of thiophene rings is 1. The summed E-state index contributed by atoms with van der Waals surface area (Å²) in [4.78, 5) is 0. The van der Waals surface area contributed by atoms with Gasteiger partial charge in [-0.1, -0.05) is 121 Å². The van der Waals surface area contributed by atoms with E-state index in [0.717, 1.165) is 38.8 Å². The third kappa shape index (κ3) is 5.24. The van der Waals surface area contributed by atoms with E-state index in [4.69, 9.17) is 4.42 Å². The fraction of sp³-hybridized carbons (Fsp3) is 0. The van der Waals surface area contributed by atoms with E-state index in [1.165, 1.54) is 75.4 Å². The molecule has 0 atom stereocenters. The van der Waals surface area contributed by atoms with Gasteiger partial charge in [0.2, 0.25) is 0 Å². The van der Waals surface area contributed by atoms with Gasteiger partial charge in [0.25, 0.3) is 0 Å². The lowest BCUT2D eigenvalue weighted by Crippen LogP contribution is -1.94. The van der Waals surface area contributed by atoms with Crippen LogP contribution in [0.2, 0.25) is 0 Å². The van der Waals surface area contributed by atoms with E-state index in [1.54, 1.807) is 0 Å². The van der Waals surface area contributed by atoms with Crippen molar-refractivity contribution in [3.05, 3.63) is 200 Å². The van der Waals surface area contributed by atoms with Gasteiger partial charge in [-0.2, -0.15) is 0 Å². The second kappa shape index (κ2) is 12.7. The molecular formula is C54H33NOS. The molecule has 3 aromatic heterocycles. The van der Waals surface area contributed by atoms with Crippen LogP contribution in [0.5, 0.6) is 0 Å². The molecule has 3 heterocycles. The van der Waals surface area contributed by atoms with E-state index < -0.39 is 0 Å². The summed E-state index contributed by atoms with van der Waals surface area (Å²) in [6.07, 6.45) is 0. The van der Waals surface area contributed by atoms with Gasteiger partial charge < -0.3 is 8.98 Å². The maximum Gasteiger partial charge on any atom is 0.135 e. The molecule has 12 rings (SSSR count). The molecule has 0 aliphatic heterocycles. The van der Waals surface area contributed by atoms with E-state index in [9.17, 15) is 0 Å². The molecule has 0 aliphatic rings. The summed E-state index contributed by atoms with van der Waals surface area (Å²) in [5.74, 6) is 0. The first-order valence-electron chi connectivity index (χ1n) is 19.4. The zero-order valence-electron chi connectivity index (χ0n) is 30.8. The van der Waals surface area contributed by atoms with Crippen LogP contribution in [-0.4, -0.2) is 4.57 Å². The van der Waals surface area contributed by atoms with Crippen molar-refractivity contribution < 1.29 is 4.42 Å². The Hall–Kier alpha value is -7.20. The number of para-hydroxylation sites is 1. The van der Waals surface area contributed by atoms with Crippen molar-refractivity contribution in [2.24, 2.45) is 0 Å². The van der Waals surface area contributed by atoms with Gasteiger partial charge in [0.05, 0.1) is 11.0 Å². The number of hydrogen-bond acceptors (Lipinski definition) is 2. The molecule has 266 valence electrons. The number of benzene rings is 9.